The minimum atomic E-state index is -0.478. The SMILES string of the molecule is CC(C)OC(=O)Nc1ccc(C2=N[C@H](C)C(NC(=O)NCc3cccc(N)c3)CS2)cc1. The van der Waals surface area contributed by atoms with Crippen LogP contribution in [0.3, 0.4) is 0 Å². The minimum Gasteiger partial charge on any atom is -0.447 e. The number of ether oxygens (including phenoxy) is 1. The van der Waals surface area contributed by atoms with Crippen LogP contribution >= 0.6 is 11.8 Å². The Labute approximate surface area is 192 Å². The first-order valence-corrected chi connectivity index (χ1v) is 11.5. The number of nitrogen functional groups attached to an aromatic ring is 1. The van der Waals surface area contributed by atoms with Gasteiger partial charge in [0.15, 0.2) is 0 Å². The van der Waals surface area contributed by atoms with Crippen LogP contribution in [0.5, 0.6) is 0 Å². The predicted molar refractivity (Wildman–Crippen MR) is 130 cm³/mol. The Balaban J connectivity index is 1.51. The Morgan fingerprint density at radius 3 is 2.62 bits per heavy atom. The van der Waals surface area contributed by atoms with E-state index < -0.39 is 6.09 Å². The average Bonchev–Trinajstić information content (AvgIpc) is 2.74. The van der Waals surface area contributed by atoms with Crippen molar-refractivity contribution in [3.8, 4) is 0 Å². The Bertz CT molecular complexity index is 978. The lowest BCUT2D eigenvalue weighted by Gasteiger charge is -2.27. The Hall–Kier alpha value is -3.20. The van der Waals surface area contributed by atoms with Crippen molar-refractivity contribution < 1.29 is 14.3 Å². The summed E-state index contributed by atoms with van der Waals surface area (Å²) < 4.78 is 5.08. The first kappa shape index (κ1) is 23.5. The summed E-state index contributed by atoms with van der Waals surface area (Å²) in [4.78, 5) is 28.8. The number of thioether (sulfide) groups is 1. The van der Waals surface area contributed by atoms with Gasteiger partial charge < -0.3 is 21.1 Å². The van der Waals surface area contributed by atoms with E-state index in [1.807, 2.05) is 55.5 Å². The van der Waals surface area contributed by atoms with Gasteiger partial charge in [-0.2, -0.15) is 0 Å². The van der Waals surface area contributed by atoms with E-state index in [0.717, 1.165) is 16.2 Å². The van der Waals surface area contributed by atoms with Gasteiger partial charge in [-0.15, -0.1) is 11.8 Å². The summed E-state index contributed by atoms with van der Waals surface area (Å²) >= 11 is 1.59. The molecule has 3 rings (SSSR count). The first-order chi connectivity index (χ1) is 15.3. The molecule has 0 fully saturated rings. The summed E-state index contributed by atoms with van der Waals surface area (Å²) in [6.45, 7) is 5.99. The molecule has 0 spiro atoms. The molecule has 8 nitrogen and oxygen atoms in total. The van der Waals surface area contributed by atoms with E-state index in [-0.39, 0.29) is 24.2 Å². The highest BCUT2D eigenvalue weighted by atomic mass is 32.2. The van der Waals surface area contributed by atoms with Gasteiger partial charge in [0.25, 0.3) is 0 Å². The largest absolute Gasteiger partial charge is 0.447 e. The van der Waals surface area contributed by atoms with Crippen molar-refractivity contribution in [3.63, 3.8) is 0 Å². The van der Waals surface area contributed by atoms with Gasteiger partial charge in [0.05, 0.1) is 23.2 Å². The third-order valence-electron chi connectivity index (χ3n) is 4.74. The molecule has 2 atom stereocenters. The number of urea groups is 1. The summed E-state index contributed by atoms with van der Waals surface area (Å²) in [7, 11) is 0. The standard InChI is InChI=1S/C23H29N5O3S/c1-14(2)31-23(30)27-19-9-7-17(8-10-19)21-26-15(3)20(13-32-21)28-22(29)25-12-16-5-4-6-18(24)11-16/h4-11,14-15,20H,12-13,24H2,1-3H3,(H,27,30)(H2,25,28,29)/t15-,20?/m1/s1. The second kappa shape index (κ2) is 10.9. The van der Waals surface area contributed by atoms with Crippen LogP contribution in [0.4, 0.5) is 21.0 Å². The number of amides is 3. The average molecular weight is 456 g/mol. The van der Waals surface area contributed by atoms with E-state index in [2.05, 4.69) is 16.0 Å². The number of nitrogens with one attached hydrogen (secondary N) is 3. The molecule has 0 bridgehead atoms. The zero-order valence-corrected chi connectivity index (χ0v) is 19.2. The second-order valence-corrected chi connectivity index (χ2v) is 8.83. The van der Waals surface area contributed by atoms with Gasteiger partial charge in [-0.25, -0.2) is 9.59 Å². The number of hydrogen-bond donors (Lipinski definition) is 4. The van der Waals surface area contributed by atoms with E-state index in [0.29, 0.717) is 23.7 Å². The topological polar surface area (TPSA) is 118 Å². The molecule has 0 aromatic heterocycles. The van der Waals surface area contributed by atoms with Crippen molar-refractivity contribution in [1.29, 1.82) is 0 Å². The fourth-order valence-electron chi connectivity index (χ4n) is 3.10. The molecule has 1 aliphatic rings. The molecule has 32 heavy (non-hydrogen) atoms. The van der Waals surface area contributed by atoms with Gasteiger partial charge in [0.1, 0.15) is 0 Å². The van der Waals surface area contributed by atoms with Crippen molar-refractivity contribution in [1.82, 2.24) is 10.6 Å². The smallest absolute Gasteiger partial charge is 0.411 e. The predicted octanol–water partition coefficient (Wildman–Crippen LogP) is 3.98. The fraction of sp³-hybridized carbons (Fsp3) is 0.348. The van der Waals surface area contributed by atoms with Gasteiger partial charge in [-0.05, 0) is 50.6 Å². The minimum absolute atomic E-state index is 0.0665. The van der Waals surface area contributed by atoms with Crippen molar-refractivity contribution in [2.75, 3.05) is 16.8 Å². The lowest BCUT2D eigenvalue weighted by Crippen LogP contribution is -2.49. The Morgan fingerprint density at radius 2 is 1.97 bits per heavy atom. The molecule has 1 aliphatic heterocycles. The first-order valence-electron chi connectivity index (χ1n) is 10.5. The van der Waals surface area contributed by atoms with E-state index in [9.17, 15) is 9.59 Å². The van der Waals surface area contributed by atoms with E-state index in [1.165, 1.54) is 0 Å². The summed E-state index contributed by atoms with van der Waals surface area (Å²) in [6, 6.07) is 14.5. The molecule has 0 radical (unpaired) electrons. The van der Waals surface area contributed by atoms with Crippen LogP contribution in [0.15, 0.2) is 53.5 Å². The number of aliphatic imine (C=N–C) groups is 1. The number of nitrogens with zero attached hydrogens (tertiary/aromatic N) is 1. The van der Waals surface area contributed by atoms with Crippen molar-refractivity contribution in [2.24, 2.45) is 4.99 Å². The van der Waals surface area contributed by atoms with Crippen molar-refractivity contribution in [2.45, 2.75) is 45.5 Å². The molecular formula is C23H29N5O3S. The third-order valence-corrected chi connectivity index (χ3v) is 5.88. The van der Waals surface area contributed by atoms with Crippen LogP contribution in [0, 0.1) is 0 Å². The molecule has 0 saturated heterocycles. The van der Waals surface area contributed by atoms with Gasteiger partial charge >= 0.3 is 12.1 Å². The number of anilines is 2. The fourth-order valence-corrected chi connectivity index (χ4v) is 4.35. The van der Waals surface area contributed by atoms with Gasteiger partial charge in [0, 0.05) is 29.2 Å². The van der Waals surface area contributed by atoms with Gasteiger partial charge in [0.2, 0.25) is 0 Å². The highest BCUT2D eigenvalue weighted by molar-refractivity contribution is 8.14. The Kier molecular flexibility index (Phi) is 7.99. The highest BCUT2D eigenvalue weighted by Crippen LogP contribution is 2.24. The summed E-state index contributed by atoms with van der Waals surface area (Å²) in [5.74, 6) is 0.715. The maximum Gasteiger partial charge on any atom is 0.411 e. The lowest BCUT2D eigenvalue weighted by molar-refractivity contribution is 0.130. The number of carbonyl (C=O) groups excluding carboxylic acids is 2. The number of carbonyl (C=O) groups is 2. The van der Waals surface area contributed by atoms with Crippen LogP contribution in [-0.4, -0.2) is 41.1 Å². The zero-order chi connectivity index (χ0) is 23.1. The number of benzene rings is 2. The van der Waals surface area contributed by atoms with Crippen LogP contribution in [0.25, 0.3) is 0 Å². The molecule has 170 valence electrons. The maximum atomic E-state index is 12.3. The van der Waals surface area contributed by atoms with Gasteiger partial charge in [-0.3, -0.25) is 10.3 Å². The molecule has 1 unspecified atom stereocenters. The maximum absolute atomic E-state index is 12.3. The van der Waals surface area contributed by atoms with Crippen LogP contribution < -0.4 is 21.7 Å². The molecule has 3 amide bonds. The summed E-state index contributed by atoms with van der Waals surface area (Å²) in [5.41, 5.74) is 9.01. The van der Waals surface area contributed by atoms with Crippen molar-refractivity contribution >= 4 is 40.3 Å². The number of hydrogen-bond acceptors (Lipinski definition) is 6. The van der Waals surface area contributed by atoms with E-state index in [4.69, 9.17) is 15.5 Å². The molecule has 1 heterocycles. The number of rotatable bonds is 6. The zero-order valence-electron chi connectivity index (χ0n) is 18.4. The van der Waals surface area contributed by atoms with Crippen molar-refractivity contribution in [3.05, 3.63) is 59.7 Å². The molecule has 9 heteroatoms. The highest BCUT2D eigenvalue weighted by Gasteiger charge is 2.25. The molecule has 0 saturated carbocycles. The second-order valence-electron chi connectivity index (χ2n) is 7.82. The molecule has 5 N–H and O–H groups in total. The molecule has 2 aromatic carbocycles. The molecular weight excluding hydrogens is 426 g/mol. The van der Waals surface area contributed by atoms with Gasteiger partial charge in [-0.1, -0.05) is 24.3 Å². The van der Waals surface area contributed by atoms with E-state index >= 15 is 0 Å². The van der Waals surface area contributed by atoms with Crippen LogP contribution in [0.1, 0.15) is 31.9 Å². The normalized spacial score (nSPS) is 17.9. The number of nitrogens with two attached hydrogens (primary N) is 1. The summed E-state index contributed by atoms with van der Waals surface area (Å²) in [5, 5.41) is 9.47. The lowest BCUT2D eigenvalue weighted by atomic mass is 10.1. The molecule has 0 aliphatic carbocycles. The van der Waals surface area contributed by atoms with E-state index in [1.54, 1.807) is 25.6 Å². The monoisotopic (exact) mass is 455 g/mol. The summed E-state index contributed by atoms with van der Waals surface area (Å²) in [6.07, 6.45) is -0.654. The quantitative estimate of drug-likeness (QED) is 0.492. The Morgan fingerprint density at radius 1 is 1.22 bits per heavy atom. The third kappa shape index (κ3) is 6.91. The molecule has 2 aromatic rings. The van der Waals surface area contributed by atoms with Crippen LogP contribution in [-0.2, 0) is 11.3 Å². The van der Waals surface area contributed by atoms with Crippen LogP contribution in [0.2, 0.25) is 0 Å².